The van der Waals surface area contributed by atoms with Crippen LogP contribution in [0.2, 0.25) is 0 Å². The number of thiazole rings is 1. The standard InChI is InChI=1S/C22H23N3O3S2/c1-25(15-16-7-3-2-4-8-16)30(27,28)18-13-11-17(12-14-18)21(26)24-22-23-19-9-5-6-10-20(19)29-22/h2-4,7-8,11-14H,5-6,9-10,15H2,1H3,(H,23,24,26). The molecule has 156 valence electrons. The van der Waals surface area contributed by atoms with Crippen LogP contribution < -0.4 is 5.32 Å². The number of anilines is 1. The second kappa shape index (κ2) is 8.67. The van der Waals surface area contributed by atoms with Crippen molar-refractivity contribution in [1.29, 1.82) is 0 Å². The topological polar surface area (TPSA) is 79.4 Å². The maximum absolute atomic E-state index is 12.8. The Morgan fingerprint density at radius 3 is 2.47 bits per heavy atom. The fourth-order valence-corrected chi connectivity index (χ4v) is 5.66. The van der Waals surface area contributed by atoms with Gasteiger partial charge in [0.15, 0.2) is 5.13 Å². The predicted molar refractivity (Wildman–Crippen MR) is 118 cm³/mol. The predicted octanol–water partition coefficient (Wildman–Crippen LogP) is 4.09. The van der Waals surface area contributed by atoms with Crippen molar-refractivity contribution in [1.82, 2.24) is 9.29 Å². The van der Waals surface area contributed by atoms with E-state index in [-0.39, 0.29) is 17.3 Å². The molecule has 1 aliphatic rings. The number of benzene rings is 2. The van der Waals surface area contributed by atoms with E-state index in [0.717, 1.165) is 36.9 Å². The van der Waals surface area contributed by atoms with Crippen LogP contribution in [0.3, 0.4) is 0 Å². The Kier molecular flexibility index (Phi) is 5.99. The molecule has 30 heavy (non-hydrogen) atoms. The van der Waals surface area contributed by atoms with E-state index in [1.165, 1.54) is 44.8 Å². The molecular formula is C22H23N3O3S2. The van der Waals surface area contributed by atoms with Crippen LogP contribution in [0.1, 0.15) is 39.3 Å². The lowest BCUT2D eigenvalue weighted by atomic mass is 10.0. The quantitative estimate of drug-likeness (QED) is 0.625. The Morgan fingerprint density at radius 1 is 1.07 bits per heavy atom. The van der Waals surface area contributed by atoms with E-state index >= 15 is 0 Å². The van der Waals surface area contributed by atoms with Crippen molar-refractivity contribution >= 4 is 32.4 Å². The average Bonchev–Trinajstić information content (AvgIpc) is 3.16. The molecule has 1 aliphatic carbocycles. The first-order chi connectivity index (χ1) is 14.4. The number of nitrogens with zero attached hydrogens (tertiary/aromatic N) is 2. The number of amides is 1. The normalized spacial score (nSPS) is 13.8. The number of fused-ring (bicyclic) bond motifs is 1. The lowest BCUT2D eigenvalue weighted by Crippen LogP contribution is -2.26. The fraction of sp³-hybridized carbons (Fsp3) is 0.273. The molecule has 1 N–H and O–H groups in total. The summed E-state index contributed by atoms with van der Waals surface area (Å²) in [7, 11) is -2.10. The molecule has 4 rings (SSSR count). The third kappa shape index (κ3) is 4.45. The van der Waals surface area contributed by atoms with E-state index in [0.29, 0.717) is 10.7 Å². The summed E-state index contributed by atoms with van der Waals surface area (Å²) in [5, 5.41) is 3.44. The van der Waals surface area contributed by atoms with Crippen molar-refractivity contribution in [2.45, 2.75) is 37.1 Å². The third-order valence-electron chi connectivity index (χ3n) is 5.14. The molecule has 1 amide bonds. The number of sulfonamides is 1. The van der Waals surface area contributed by atoms with Gasteiger partial charge < -0.3 is 0 Å². The number of aryl methyl sites for hydroxylation is 2. The SMILES string of the molecule is CN(Cc1ccccc1)S(=O)(=O)c1ccc(C(=O)Nc2nc3c(s2)CCCC3)cc1. The van der Waals surface area contributed by atoms with Gasteiger partial charge in [-0.3, -0.25) is 10.1 Å². The summed E-state index contributed by atoms with van der Waals surface area (Å²) in [6.07, 6.45) is 4.28. The first-order valence-corrected chi connectivity index (χ1v) is 12.1. The highest BCUT2D eigenvalue weighted by Crippen LogP contribution is 2.29. The summed E-state index contributed by atoms with van der Waals surface area (Å²) in [5.41, 5.74) is 2.39. The van der Waals surface area contributed by atoms with Gasteiger partial charge in [0.1, 0.15) is 0 Å². The molecule has 0 atom stereocenters. The summed E-state index contributed by atoms with van der Waals surface area (Å²) >= 11 is 1.52. The molecule has 8 heteroatoms. The number of carbonyl (C=O) groups excluding carboxylic acids is 1. The number of nitrogens with one attached hydrogen (secondary N) is 1. The molecule has 0 saturated carbocycles. The highest BCUT2D eigenvalue weighted by molar-refractivity contribution is 7.89. The van der Waals surface area contributed by atoms with Crippen LogP contribution in [-0.4, -0.2) is 30.7 Å². The summed E-state index contributed by atoms with van der Waals surface area (Å²) < 4.78 is 27.0. The Bertz CT molecular complexity index is 1120. The molecule has 3 aromatic rings. The van der Waals surface area contributed by atoms with Crippen LogP contribution in [0.4, 0.5) is 5.13 Å². The van der Waals surface area contributed by atoms with Crippen LogP contribution in [-0.2, 0) is 29.4 Å². The van der Waals surface area contributed by atoms with E-state index in [9.17, 15) is 13.2 Å². The fourth-order valence-electron chi connectivity index (χ4n) is 3.46. The van der Waals surface area contributed by atoms with Gasteiger partial charge in [-0.05, 0) is 55.5 Å². The zero-order valence-corrected chi connectivity index (χ0v) is 18.3. The van der Waals surface area contributed by atoms with Crippen molar-refractivity contribution in [3.8, 4) is 0 Å². The first kappa shape index (κ1) is 20.7. The molecule has 0 bridgehead atoms. The van der Waals surface area contributed by atoms with Crippen LogP contribution in [0.5, 0.6) is 0 Å². The number of hydrogen-bond donors (Lipinski definition) is 1. The smallest absolute Gasteiger partial charge is 0.257 e. The molecular weight excluding hydrogens is 418 g/mol. The molecule has 2 aromatic carbocycles. The molecule has 0 radical (unpaired) electrons. The second-order valence-electron chi connectivity index (χ2n) is 7.32. The number of hydrogen-bond acceptors (Lipinski definition) is 5. The number of aromatic nitrogens is 1. The lowest BCUT2D eigenvalue weighted by Gasteiger charge is -2.17. The summed E-state index contributed by atoms with van der Waals surface area (Å²) in [6, 6.07) is 15.4. The molecule has 1 heterocycles. The molecule has 0 aliphatic heterocycles. The van der Waals surface area contributed by atoms with Crippen LogP contribution in [0.25, 0.3) is 0 Å². The molecule has 0 unspecified atom stereocenters. The van der Waals surface area contributed by atoms with Gasteiger partial charge in [-0.15, -0.1) is 11.3 Å². The van der Waals surface area contributed by atoms with Gasteiger partial charge in [-0.25, -0.2) is 13.4 Å². The summed E-state index contributed by atoms with van der Waals surface area (Å²) in [4.78, 5) is 18.5. The second-order valence-corrected chi connectivity index (χ2v) is 10.4. The maximum Gasteiger partial charge on any atom is 0.257 e. The van der Waals surface area contributed by atoms with Gasteiger partial charge in [0.05, 0.1) is 10.6 Å². The average molecular weight is 442 g/mol. The monoisotopic (exact) mass is 441 g/mol. The van der Waals surface area contributed by atoms with Gasteiger partial charge in [0.25, 0.3) is 5.91 Å². The minimum absolute atomic E-state index is 0.155. The van der Waals surface area contributed by atoms with Gasteiger partial charge in [-0.1, -0.05) is 30.3 Å². The Balaban J connectivity index is 1.45. The van der Waals surface area contributed by atoms with E-state index in [2.05, 4.69) is 10.3 Å². The minimum Gasteiger partial charge on any atom is -0.298 e. The van der Waals surface area contributed by atoms with E-state index in [1.54, 1.807) is 7.05 Å². The lowest BCUT2D eigenvalue weighted by molar-refractivity contribution is 0.102. The zero-order valence-electron chi connectivity index (χ0n) is 16.7. The number of carbonyl (C=O) groups is 1. The minimum atomic E-state index is -3.65. The zero-order chi connectivity index (χ0) is 21.1. The molecule has 0 spiro atoms. The van der Waals surface area contributed by atoms with Crippen molar-refractivity contribution < 1.29 is 13.2 Å². The Morgan fingerprint density at radius 2 is 1.77 bits per heavy atom. The summed E-state index contributed by atoms with van der Waals surface area (Å²) in [6.45, 7) is 0.278. The Labute approximate surface area is 180 Å². The first-order valence-electron chi connectivity index (χ1n) is 9.84. The van der Waals surface area contributed by atoms with Crippen molar-refractivity contribution in [2.24, 2.45) is 0 Å². The molecule has 0 fully saturated rings. The van der Waals surface area contributed by atoms with Crippen LogP contribution >= 0.6 is 11.3 Å². The van der Waals surface area contributed by atoms with Gasteiger partial charge >= 0.3 is 0 Å². The van der Waals surface area contributed by atoms with E-state index in [4.69, 9.17) is 0 Å². The molecule has 0 saturated heterocycles. The maximum atomic E-state index is 12.8. The molecule has 1 aromatic heterocycles. The highest BCUT2D eigenvalue weighted by atomic mass is 32.2. The van der Waals surface area contributed by atoms with Crippen molar-refractivity contribution in [2.75, 3.05) is 12.4 Å². The van der Waals surface area contributed by atoms with Crippen LogP contribution in [0, 0.1) is 0 Å². The van der Waals surface area contributed by atoms with Gasteiger partial charge in [0, 0.05) is 24.0 Å². The third-order valence-corrected chi connectivity index (χ3v) is 8.03. The highest BCUT2D eigenvalue weighted by Gasteiger charge is 2.22. The van der Waals surface area contributed by atoms with Gasteiger partial charge in [0.2, 0.25) is 10.0 Å². The van der Waals surface area contributed by atoms with Gasteiger partial charge in [-0.2, -0.15) is 4.31 Å². The van der Waals surface area contributed by atoms with E-state index in [1.807, 2.05) is 30.3 Å². The van der Waals surface area contributed by atoms with Crippen molar-refractivity contribution in [3.63, 3.8) is 0 Å². The van der Waals surface area contributed by atoms with Crippen molar-refractivity contribution in [3.05, 3.63) is 76.3 Å². The van der Waals surface area contributed by atoms with E-state index < -0.39 is 10.0 Å². The molecule has 6 nitrogen and oxygen atoms in total. The Hall–Kier alpha value is -2.55. The van der Waals surface area contributed by atoms with Crippen LogP contribution in [0.15, 0.2) is 59.5 Å². The largest absolute Gasteiger partial charge is 0.298 e. The number of rotatable bonds is 6. The summed E-state index contributed by atoms with van der Waals surface area (Å²) in [5.74, 6) is -0.289.